The molecule has 1 atom stereocenters. The van der Waals surface area contributed by atoms with E-state index in [9.17, 15) is 4.79 Å². The summed E-state index contributed by atoms with van der Waals surface area (Å²) in [6.45, 7) is 0.903. The maximum atomic E-state index is 11.0. The fourth-order valence-corrected chi connectivity index (χ4v) is 3.65. The van der Waals surface area contributed by atoms with E-state index in [1.165, 1.54) is 10.5 Å². The van der Waals surface area contributed by atoms with Gasteiger partial charge in [-0.15, -0.1) is 11.8 Å². The smallest absolute Gasteiger partial charge is 0.248 e. The molecule has 0 saturated heterocycles. The zero-order chi connectivity index (χ0) is 13.9. The lowest BCUT2D eigenvalue weighted by atomic mass is 10.0. The Hall–Kier alpha value is -1.94. The molecule has 3 nitrogen and oxygen atoms in total. The van der Waals surface area contributed by atoms with Crippen LogP contribution in [0, 0.1) is 0 Å². The van der Waals surface area contributed by atoms with Gasteiger partial charge in [0.05, 0.1) is 0 Å². The SMILES string of the molecule is NC(=O)c1ccc(NCC2CSc3ccccc32)cc1. The second-order valence-corrected chi connectivity index (χ2v) is 5.93. The van der Waals surface area contributed by atoms with Crippen molar-refractivity contribution >= 4 is 23.4 Å². The molecule has 0 radical (unpaired) electrons. The molecule has 0 spiro atoms. The first-order valence-corrected chi connectivity index (χ1v) is 7.58. The summed E-state index contributed by atoms with van der Waals surface area (Å²) >= 11 is 1.92. The van der Waals surface area contributed by atoms with Gasteiger partial charge in [-0.05, 0) is 35.9 Å². The fraction of sp³-hybridized carbons (Fsp3) is 0.188. The Morgan fingerprint density at radius 1 is 1.20 bits per heavy atom. The minimum absolute atomic E-state index is 0.391. The normalized spacial score (nSPS) is 16.7. The largest absolute Gasteiger partial charge is 0.384 e. The van der Waals surface area contributed by atoms with Crippen LogP contribution in [-0.2, 0) is 0 Å². The van der Waals surface area contributed by atoms with E-state index in [4.69, 9.17) is 5.73 Å². The molecule has 1 aliphatic heterocycles. The Labute approximate surface area is 122 Å². The first-order chi connectivity index (χ1) is 9.74. The van der Waals surface area contributed by atoms with Crippen molar-refractivity contribution in [3.05, 3.63) is 59.7 Å². The molecule has 2 aromatic rings. The number of anilines is 1. The van der Waals surface area contributed by atoms with Gasteiger partial charge in [-0.3, -0.25) is 4.79 Å². The van der Waals surface area contributed by atoms with Crippen LogP contribution in [0.4, 0.5) is 5.69 Å². The van der Waals surface area contributed by atoms with Gasteiger partial charge in [0.15, 0.2) is 0 Å². The number of nitrogens with one attached hydrogen (secondary N) is 1. The van der Waals surface area contributed by atoms with Gasteiger partial charge in [-0.2, -0.15) is 0 Å². The predicted molar refractivity (Wildman–Crippen MR) is 83.4 cm³/mol. The van der Waals surface area contributed by atoms with Crippen molar-refractivity contribution in [2.24, 2.45) is 5.73 Å². The van der Waals surface area contributed by atoms with Crippen LogP contribution in [-0.4, -0.2) is 18.2 Å². The Kier molecular flexibility index (Phi) is 3.65. The van der Waals surface area contributed by atoms with Crippen LogP contribution in [0.3, 0.4) is 0 Å². The van der Waals surface area contributed by atoms with Gasteiger partial charge < -0.3 is 11.1 Å². The van der Waals surface area contributed by atoms with Crippen molar-refractivity contribution in [3.8, 4) is 0 Å². The van der Waals surface area contributed by atoms with Crippen LogP contribution in [0.25, 0.3) is 0 Å². The number of hydrogen-bond acceptors (Lipinski definition) is 3. The molecule has 0 fully saturated rings. The monoisotopic (exact) mass is 284 g/mol. The minimum Gasteiger partial charge on any atom is -0.384 e. The average molecular weight is 284 g/mol. The van der Waals surface area contributed by atoms with Crippen LogP contribution in [0.5, 0.6) is 0 Å². The van der Waals surface area contributed by atoms with E-state index in [1.54, 1.807) is 12.1 Å². The highest BCUT2D eigenvalue weighted by Gasteiger charge is 2.22. The zero-order valence-corrected chi connectivity index (χ0v) is 11.8. The van der Waals surface area contributed by atoms with E-state index in [1.807, 2.05) is 23.9 Å². The summed E-state index contributed by atoms with van der Waals surface area (Å²) in [5, 5.41) is 3.43. The molecule has 3 N–H and O–H groups in total. The van der Waals surface area contributed by atoms with E-state index in [0.29, 0.717) is 11.5 Å². The van der Waals surface area contributed by atoms with Crippen molar-refractivity contribution in [1.29, 1.82) is 0 Å². The van der Waals surface area contributed by atoms with E-state index in [2.05, 4.69) is 29.6 Å². The summed E-state index contributed by atoms with van der Waals surface area (Å²) in [7, 11) is 0. The number of rotatable bonds is 4. The highest BCUT2D eigenvalue weighted by molar-refractivity contribution is 7.99. The Morgan fingerprint density at radius 3 is 2.70 bits per heavy atom. The third-order valence-electron chi connectivity index (χ3n) is 3.52. The summed E-state index contributed by atoms with van der Waals surface area (Å²) in [6, 6.07) is 15.9. The molecular weight excluding hydrogens is 268 g/mol. The standard InChI is InChI=1S/C16H16N2OS/c17-16(19)11-5-7-13(8-6-11)18-9-12-10-20-15-4-2-1-3-14(12)15/h1-8,12,18H,9-10H2,(H2,17,19). The second kappa shape index (κ2) is 5.59. The molecule has 102 valence electrons. The van der Waals surface area contributed by atoms with Gasteiger partial charge in [0.2, 0.25) is 5.91 Å². The maximum absolute atomic E-state index is 11.0. The van der Waals surface area contributed by atoms with Gasteiger partial charge in [0, 0.05) is 34.4 Å². The number of primary amides is 1. The number of benzene rings is 2. The molecule has 4 heteroatoms. The molecule has 2 aromatic carbocycles. The average Bonchev–Trinajstić information content (AvgIpc) is 2.89. The molecular formula is C16H16N2OS. The Morgan fingerprint density at radius 2 is 1.95 bits per heavy atom. The van der Waals surface area contributed by atoms with E-state index in [-0.39, 0.29) is 0 Å². The lowest BCUT2D eigenvalue weighted by Crippen LogP contribution is -2.13. The molecule has 1 unspecified atom stereocenters. The van der Waals surface area contributed by atoms with Crippen molar-refractivity contribution < 1.29 is 4.79 Å². The fourth-order valence-electron chi connectivity index (χ4n) is 2.39. The first kappa shape index (κ1) is 13.1. The molecule has 1 aliphatic rings. The summed E-state index contributed by atoms with van der Waals surface area (Å²) in [5.41, 5.74) is 8.21. The lowest BCUT2D eigenvalue weighted by molar-refractivity contribution is 0.100. The molecule has 0 bridgehead atoms. The van der Waals surface area contributed by atoms with Gasteiger partial charge in [0.1, 0.15) is 0 Å². The zero-order valence-electron chi connectivity index (χ0n) is 11.0. The van der Waals surface area contributed by atoms with E-state index < -0.39 is 5.91 Å². The summed E-state index contributed by atoms with van der Waals surface area (Å²) in [6.07, 6.45) is 0. The second-order valence-electron chi connectivity index (χ2n) is 4.87. The molecule has 0 aliphatic carbocycles. The third kappa shape index (κ3) is 2.65. The van der Waals surface area contributed by atoms with Crippen LogP contribution >= 0.6 is 11.8 Å². The van der Waals surface area contributed by atoms with Crippen molar-refractivity contribution in [2.45, 2.75) is 10.8 Å². The quantitative estimate of drug-likeness (QED) is 0.907. The number of hydrogen-bond donors (Lipinski definition) is 2. The van der Waals surface area contributed by atoms with Crippen molar-refractivity contribution in [2.75, 3.05) is 17.6 Å². The maximum Gasteiger partial charge on any atom is 0.248 e. The van der Waals surface area contributed by atoms with Gasteiger partial charge in [-0.25, -0.2) is 0 Å². The van der Waals surface area contributed by atoms with E-state index >= 15 is 0 Å². The summed E-state index contributed by atoms with van der Waals surface area (Å²) < 4.78 is 0. The number of thioether (sulfide) groups is 1. The summed E-state index contributed by atoms with van der Waals surface area (Å²) in [5.74, 6) is 1.26. The number of amides is 1. The van der Waals surface area contributed by atoms with Crippen molar-refractivity contribution in [1.82, 2.24) is 0 Å². The van der Waals surface area contributed by atoms with Crippen LogP contribution in [0.15, 0.2) is 53.4 Å². The van der Waals surface area contributed by atoms with Crippen LogP contribution in [0.1, 0.15) is 21.8 Å². The van der Waals surface area contributed by atoms with Gasteiger partial charge in [0.25, 0.3) is 0 Å². The molecule has 3 rings (SSSR count). The first-order valence-electron chi connectivity index (χ1n) is 6.59. The van der Waals surface area contributed by atoms with Crippen LogP contribution in [0.2, 0.25) is 0 Å². The molecule has 0 saturated carbocycles. The summed E-state index contributed by atoms with van der Waals surface area (Å²) in [4.78, 5) is 12.4. The number of carbonyl (C=O) groups excluding carboxylic acids is 1. The number of carbonyl (C=O) groups is 1. The third-order valence-corrected chi connectivity index (χ3v) is 4.77. The van der Waals surface area contributed by atoms with Gasteiger partial charge in [-0.1, -0.05) is 18.2 Å². The van der Waals surface area contributed by atoms with Crippen LogP contribution < -0.4 is 11.1 Å². The number of fused-ring (bicyclic) bond motifs is 1. The molecule has 0 aromatic heterocycles. The molecule has 1 amide bonds. The highest BCUT2D eigenvalue weighted by atomic mass is 32.2. The Balaban J connectivity index is 1.64. The topological polar surface area (TPSA) is 55.1 Å². The highest BCUT2D eigenvalue weighted by Crippen LogP contribution is 2.39. The Bertz CT molecular complexity index is 625. The lowest BCUT2D eigenvalue weighted by Gasteiger charge is -2.13. The minimum atomic E-state index is -0.391. The molecule has 20 heavy (non-hydrogen) atoms. The molecule has 1 heterocycles. The number of nitrogens with two attached hydrogens (primary N) is 1. The van der Waals surface area contributed by atoms with Crippen molar-refractivity contribution in [3.63, 3.8) is 0 Å². The van der Waals surface area contributed by atoms with E-state index in [0.717, 1.165) is 18.0 Å². The predicted octanol–water partition coefficient (Wildman–Crippen LogP) is 3.09. The van der Waals surface area contributed by atoms with Gasteiger partial charge >= 0.3 is 0 Å².